The minimum absolute atomic E-state index is 0.0689. The van der Waals surface area contributed by atoms with E-state index in [0.29, 0.717) is 32.8 Å². The van der Waals surface area contributed by atoms with Crippen LogP contribution in [0.25, 0.3) is 0 Å². The smallest absolute Gasteiger partial charge is 0.405 e. The first-order valence-electron chi connectivity index (χ1n) is 8.46. The maximum absolute atomic E-state index is 13.3. The molecule has 1 atom stereocenters. The number of amides is 1. The molecule has 0 bridgehead atoms. The van der Waals surface area contributed by atoms with Gasteiger partial charge in [-0.2, -0.15) is 13.2 Å². The van der Waals surface area contributed by atoms with Gasteiger partial charge in [-0.1, -0.05) is 12.1 Å². The number of fused-ring (bicyclic) bond motifs is 1. The quantitative estimate of drug-likeness (QED) is 0.829. The van der Waals surface area contributed by atoms with Crippen molar-refractivity contribution in [3.8, 4) is 5.75 Å². The fourth-order valence-corrected chi connectivity index (χ4v) is 3.25. The minimum Gasteiger partial charge on any atom is -0.493 e. The lowest BCUT2D eigenvalue weighted by Gasteiger charge is -2.35. The van der Waals surface area contributed by atoms with Crippen LogP contribution in [0, 0.1) is 0 Å². The van der Waals surface area contributed by atoms with Crippen LogP contribution in [0.1, 0.15) is 11.1 Å². The fraction of sp³-hybridized carbons (Fsp3) is 0.588. The minimum atomic E-state index is -4.37. The van der Waals surface area contributed by atoms with Gasteiger partial charge in [-0.05, 0) is 17.2 Å². The average Bonchev–Trinajstić information content (AvgIpc) is 3.02. The number of carbonyl (C=O) groups is 1. The van der Waals surface area contributed by atoms with E-state index >= 15 is 0 Å². The van der Waals surface area contributed by atoms with Crippen molar-refractivity contribution in [2.75, 3.05) is 39.3 Å². The van der Waals surface area contributed by atoms with E-state index in [1.165, 1.54) is 4.90 Å². The monoisotopic (exact) mass is 357 g/mol. The Kier molecular flexibility index (Phi) is 5.48. The molecule has 0 spiro atoms. The lowest BCUT2D eigenvalue weighted by atomic mass is 10.1. The molecule has 1 fully saturated rings. The molecule has 2 heterocycles. The van der Waals surface area contributed by atoms with Gasteiger partial charge < -0.3 is 15.4 Å². The van der Waals surface area contributed by atoms with Crippen molar-refractivity contribution in [2.24, 2.45) is 0 Å². The fourth-order valence-electron chi connectivity index (χ4n) is 3.25. The zero-order valence-electron chi connectivity index (χ0n) is 13.9. The molecule has 0 saturated carbocycles. The molecular formula is C17H22F3N3O2. The third-order valence-electron chi connectivity index (χ3n) is 4.58. The van der Waals surface area contributed by atoms with E-state index in [2.05, 4.69) is 10.6 Å². The first kappa shape index (κ1) is 18.0. The van der Waals surface area contributed by atoms with Gasteiger partial charge in [0.25, 0.3) is 0 Å². The van der Waals surface area contributed by atoms with E-state index in [9.17, 15) is 18.0 Å². The van der Waals surface area contributed by atoms with Crippen molar-refractivity contribution < 1.29 is 22.7 Å². The molecule has 0 radical (unpaired) electrons. The number of piperazine rings is 1. The standard InChI is InChI=1S/C17H22F3N3O2/c18-17(19,20)15(23-6-4-21-5-7-23)11-22-16(24)10-12-1-2-14-13(9-12)3-8-25-14/h1-2,9,15,21H,3-8,10-11H2,(H,22,24). The Morgan fingerprint density at radius 1 is 1.32 bits per heavy atom. The summed E-state index contributed by atoms with van der Waals surface area (Å²) < 4.78 is 45.3. The molecule has 1 aromatic rings. The van der Waals surface area contributed by atoms with Crippen molar-refractivity contribution in [3.05, 3.63) is 29.3 Å². The van der Waals surface area contributed by atoms with Crippen LogP contribution < -0.4 is 15.4 Å². The molecule has 2 N–H and O–H groups in total. The highest BCUT2D eigenvalue weighted by atomic mass is 19.4. The number of nitrogens with one attached hydrogen (secondary N) is 2. The van der Waals surface area contributed by atoms with Crippen LogP contribution >= 0.6 is 0 Å². The summed E-state index contributed by atoms with van der Waals surface area (Å²) in [6.07, 6.45) is -3.50. The lowest BCUT2D eigenvalue weighted by Crippen LogP contribution is -2.57. The van der Waals surface area contributed by atoms with E-state index < -0.39 is 24.7 Å². The highest BCUT2D eigenvalue weighted by Gasteiger charge is 2.43. The van der Waals surface area contributed by atoms with Gasteiger partial charge >= 0.3 is 6.18 Å². The molecule has 5 nitrogen and oxygen atoms in total. The molecule has 1 aromatic carbocycles. The molecule has 1 saturated heterocycles. The second kappa shape index (κ2) is 7.61. The SMILES string of the molecule is O=C(Cc1ccc2c(c1)CCO2)NCC(N1CCNCC1)C(F)(F)F. The second-order valence-electron chi connectivity index (χ2n) is 6.36. The normalized spacial score (nSPS) is 19.2. The number of halogens is 3. The highest BCUT2D eigenvalue weighted by molar-refractivity contribution is 5.78. The topological polar surface area (TPSA) is 53.6 Å². The van der Waals surface area contributed by atoms with E-state index in [-0.39, 0.29) is 6.42 Å². The van der Waals surface area contributed by atoms with Crippen LogP contribution in [0.4, 0.5) is 13.2 Å². The summed E-state index contributed by atoms with van der Waals surface area (Å²) in [5.74, 6) is 0.420. The molecule has 1 unspecified atom stereocenters. The summed E-state index contributed by atoms with van der Waals surface area (Å²) in [6.45, 7) is 1.91. The molecule has 3 rings (SSSR count). The number of alkyl halides is 3. The number of nitrogens with zero attached hydrogens (tertiary/aromatic N) is 1. The van der Waals surface area contributed by atoms with Gasteiger partial charge in [0.1, 0.15) is 11.8 Å². The maximum Gasteiger partial charge on any atom is 0.405 e. The molecule has 1 amide bonds. The van der Waals surface area contributed by atoms with Crippen molar-refractivity contribution in [2.45, 2.75) is 25.1 Å². The van der Waals surface area contributed by atoms with E-state index in [4.69, 9.17) is 4.74 Å². The zero-order valence-corrected chi connectivity index (χ0v) is 13.9. The van der Waals surface area contributed by atoms with Crippen LogP contribution in [0.3, 0.4) is 0 Å². The van der Waals surface area contributed by atoms with Gasteiger partial charge in [-0.25, -0.2) is 0 Å². The molecule has 0 aliphatic carbocycles. The van der Waals surface area contributed by atoms with Gasteiger partial charge in [-0.3, -0.25) is 9.69 Å². The number of benzene rings is 1. The second-order valence-corrected chi connectivity index (χ2v) is 6.36. The Balaban J connectivity index is 1.56. The zero-order chi connectivity index (χ0) is 17.9. The Bertz CT molecular complexity index is 616. The molecule has 2 aliphatic heterocycles. The van der Waals surface area contributed by atoms with Crippen molar-refractivity contribution >= 4 is 5.91 Å². The molecular weight excluding hydrogens is 335 g/mol. The molecule has 2 aliphatic rings. The molecule has 138 valence electrons. The van der Waals surface area contributed by atoms with Crippen molar-refractivity contribution in [1.29, 1.82) is 0 Å². The number of hydrogen-bond acceptors (Lipinski definition) is 4. The Labute approximate surface area is 144 Å². The van der Waals surface area contributed by atoms with Crippen LogP contribution in [0.2, 0.25) is 0 Å². The van der Waals surface area contributed by atoms with E-state index in [0.717, 1.165) is 23.3 Å². The summed E-state index contributed by atoms with van der Waals surface area (Å²) in [5, 5.41) is 5.48. The van der Waals surface area contributed by atoms with Gasteiger partial charge in [-0.15, -0.1) is 0 Å². The van der Waals surface area contributed by atoms with Crippen LogP contribution in [0.5, 0.6) is 5.75 Å². The number of hydrogen-bond donors (Lipinski definition) is 2. The van der Waals surface area contributed by atoms with Crippen molar-refractivity contribution in [1.82, 2.24) is 15.5 Å². The summed E-state index contributed by atoms with van der Waals surface area (Å²) >= 11 is 0. The Hall–Kier alpha value is -1.80. The Morgan fingerprint density at radius 3 is 2.80 bits per heavy atom. The number of ether oxygens (including phenoxy) is 1. The third-order valence-corrected chi connectivity index (χ3v) is 4.58. The van der Waals surface area contributed by atoms with E-state index in [1.54, 1.807) is 6.07 Å². The van der Waals surface area contributed by atoms with Crippen LogP contribution in [-0.4, -0.2) is 62.4 Å². The summed E-state index contributed by atoms with van der Waals surface area (Å²) in [4.78, 5) is 13.5. The largest absolute Gasteiger partial charge is 0.493 e. The van der Waals surface area contributed by atoms with Gasteiger partial charge in [0, 0.05) is 39.1 Å². The maximum atomic E-state index is 13.3. The lowest BCUT2D eigenvalue weighted by molar-refractivity contribution is -0.184. The predicted molar refractivity (Wildman–Crippen MR) is 86.6 cm³/mol. The third kappa shape index (κ3) is 4.64. The van der Waals surface area contributed by atoms with Crippen molar-refractivity contribution in [3.63, 3.8) is 0 Å². The summed E-state index contributed by atoms with van der Waals surface area (Å²) in [5.41, 5.74) is 1.83. The molecule has 25 heavy (non-hydrogen) atoms. The van der Waals surface area contributed by atoms with Gasteiger partial charge in [0.15, 0.2) is 0 Å². The first-order chi connectivity index (χ1) is 11.9. The summed E-state index contributed by atoms with van der Waals surface area (Å²) in [6, 6.07) is 3.83. The van der Waals surface area contributed by atoms with Crippen LogP contribution in [0.15, 0.2) is 18.2 Å². The summed E-state index contributed by atoms with van der Waals surface area (Å²) in [7, 11) is 0. The predicted octanol–water partition coefficient (Wildman–Crippen LogP) is 1.12. The molecule has 8 heteroatoms. The van der Waals surface area contributed by atoms with Gasteiger partial charge in [0.2, 0.25) is 5.91 Å². The Morgan fingerprint density at radius 2 is 2.08 bits per heavy atom. The van der Waals surface area contributed by atoms with E-state index in [1.807, 2.05) is 12.1 Å². The average molecular weight is 357 g/mol. The number of carbonyl (C=O) groups excluding carboxylic acids is 1. The number of rotatable bonds is 5. The first-order valence-corrected chi connectivity index (χ1v) is 8.46. The molecule has 0 aromatic heterocycles. The highest BCUT2D eigenvalue weighted by Crippen LogP contribution is 2.26. The van der Waals surface area contributed by atoms with Crippen LogP contribution in [-0.2, 0) is 17.6 Å². The van der Waals surface area contributed by atoms with Gasteiger partial charge in [0.05, 0.1) is 13.0 Å².